The van der Waals surface area contributed by atoms with Crippen molar-refractivity contribution in [1.29, 1.82) is 0 Å². The number of nitrogens with zero attached hydrogens (tertiary/aromatic N) is 2. The number of para-hydroxylation sites is 2. The van der Waals surface area contributed by atoms with Gasteiger partial charge in [0.2, 0.25) is 0 Å². The number of non-ortho nitro benzene ring substituents is 1. The summed E-state index contributed by atoms with van der Waals surface area (Å²) in [6, 6.07) is 24.3. The van der Waals surface area contributed by atoms with Crippen LogP contribution in [0.4, 0.5) is 17.1 Å². The van der Waals surface area contributed by atoms with Gasteiger partial charge < -0.3 is 10.2 Å². The van der Waals surface area contributed by atoms with E-state index in [-0.39, 0.29) is 23.7 Å². The molecule has 2 atom stereocenters. The van der Waals surface area contributed by atoms with Crippen LogP contribution < -0.4 is 10.2 Å². The molecule has 31 heavy (non-hydrogen) atoms. The summed E-state index contributed by atoms with van der Waals surface area (Å²) < 4.78 is 0. The molecule has 3 aromatic rings. The van der Waals surface area contributed by atoms with E-state index in [1.54, 1.807) is 18.2 Å². The van der Waals surface area contributed by atoms with Crippen molar-refractivity contribution < 1.29 is 9.72 Å². The van der Waals surface area contributed by atoms with Gasteiger partial charge in [-0.25, -0.2) is 0 Å². The van der Waals surface area contributed by atoms with Gasteiger partial charge in [-0.3, -0.25) is 14.9 Å². The van der Waals surface area contributed by atoms with E-state index in [2.05, 4.69) is 11.4 Å². The molecule has 1 aliphatic rings. The smallest absolute Gasteiger partial charge is 0.269 e. The van der Waals surface area contributed by atoms with Crippen molar-refractivity contribution in [2.45, 2.75) is 25.4 Å². The minimum Gasteiger partial charge on any atom is -0.378 e. The van der Waals surface area contributed by atoms with Gasteiger partial charge in [0.1, 0.15) is 0 Å². The summed E-state index contributed by atoms with van der Waals surface area (Å²) in [4.78, 5) is 25.3. The van der Waals surface area contributed by atoms with Gasteiger partial charge in [-0.05, 0) is 60.9 Å². The van der Waals surface area contributed by atoms with Crippen LogP contribution in [0.15, 0.2) is 84.9 Å². The largest absolute Gasteiger partial charge is 0.378 e. The van der Waals surface area contributed by atoms with Crippen LogP contribution in [0.5, 0.6) is 0 Å². The molecule has 1 amide bonds. The average Bonchev–Trinajstić information content (AvgIpc) is 2.78. The SMILES string of the molecule is C[C@H]1C[C@@H](Nc2ccccc2)c2ccccc2N1C(=O)/C=C/c1ccc([N+](=O)[O-])cc1. The molecule has 1 heterocycles. The maximum atomic E-state index is 13.1. The lowest BCUT2D eigenvalue weighted by Gasteiger charge is -2.39. The first kappa shape index (κ1) is 20.3. The normalized spacial score (nSPS) is 17.9. The Morgan fingerprint density at radius 2 is 1.71 bits per heavy atom. The van der Waals surface area contributed by atoms with Crippen molar-refractivity contribution in [3.05, 3.63) is 106 Å². The Morgan fingerprint density at radius 3 is 2.42 bits per heavy atom. The zero-order chi connectivity index (χ0) is 21.8. The van der Waals surface area contributed by atoms with Crippen LogP contribution in [-0.4, -0.2) is 16.9 Å². The molecule has 1 aliphatic heterocycles. The highest BCUT2D eigenvalue weighted by Crippen LogP contribution is 2.39. The minimum absolute atomic E-state index is 0.00474. The van der Waals surface area contributed by atoms with Gasteiger partial charge in [0.15, 0.2) is 0 Å². The van der Waals surface area contributed by atoms with Crippen LogP contribution in [0.1, 0.15) is 30.5 Å². The number of carbonyl (C=O) groups is 1. The van der Waals surface area contributed by atoms with E-state index in [0.717, 1.165) is 28.9 Å². The van der Waals surface area contributed by atoms with E-state index in [0.29, 0.717) is 0 Å². The summed E-state index contributed by atoms with van der Waals surface area (Å²) in [7, 11) is 0. The second kappa shape index (κ2) is 8.83. The van der Waals surface area contributed by atoms with Crippen LogP contribution in [-0.2, 0) is 4.79 Å². The van der Waals surface area contributed by atoms with Crippen LogP contribution in [0.2, 0.25) is 0 Å². The Hall–Kier alpha value is -3.93. The molecule has 0 radical (unpaired) electrons. The molecule has 0 aromatic heterocycles. The number of nitro benzene ring substituents is 1. The van der Waals surface area contributed by atoms with E-state index in [4.69, 9.17) is 0 Å². The lowest BCUT2D eigenvalue weighted by atomic mass is 9.91. The molecule has 1 N–H and O–H groups in total. The lowest BCUT2D eigenvalue weighted by Crippen LogP contribution is -2.43. The first-order valence-electron chi connectivity index (χ1n) is 10.2. The van der Waals surface area contributed by atoms with E-state index in [1.165, 1.54) is 18.2 Å². The molecule has 6 nitrogen and oxygen atoms in total. The summed E-state index contributed by atoms with van der Waals surface area (Å²) in [5, 5.41) is 14.4. The number of fused-ring (bicyclic) bond motifs is 1. The Kier molecular flexibility index (Phi) is 5.80. The van der Waals surface area contributed by atoms with Gasteiger partial charge in [-0.15, -0.1) is 0 Å². The number of benzene rings is 3. The lowest BCUT2D eigenvalue weighted by molar-refractivity contribution is -0.384. The van der Waals surface area contributed by atoms with Crippen LogP contribution in [0.25, 0.3) is 6.08 Å². The van der Waals surface area contributed by atoms with Crippen LogP contribution >= 0.6 is 0 Å². The molecule has 0 fully saturated rings. The van der Waals surface area contributed by atoms with E-state index in [1.807, 2.05) is 60.4 Å². The quantitative estimate of drug-likeness (QED) is 0.336. The van der Waals surface area contributed by atoms with Crippen molar-refractivity contribution in [1.82, 2.24) is 0 Å². The number of amides is 1. The second-order valence-electron chi connectivity index (χ2n) is 7.60. The van der Waals surface area contributed by atoms with Gasteiger partial charge in [-0.1, -0.05) is 36.4 Å². The first-order valence-corrected chi connectivity index (χ1v) is 10.2. The summed E-state index contributed by atoms with van der Waals surface area (Å²) in [6.45, 7) is 2.05. The number of rotatable bonds is 5. The molecule has 0 aliphatic carbocycles. The van der Waals surface area contributed by atoms with E-state index < -0.39 is 4.92 Å². The fourth-order valence-electron chi connectivity index (χ4n) is 3.98. The summed E-state index contributed by atoms with van der Waals surface area (Å²) >= 11 is 0. The van der Waals surface area contributed by atoms with Gasteiger partial charge in [-0.2, -0.15) is 0 Å². The predicted octanol–water partition coefficient (Wildman–Crippen LogP) is 5.59. The van der Waals surface area contributed by atoms with Crippen molar-refractivity contribution >= 4 is 29.0 Å². The monoisotopic (exact) mass is 413 g/mol. The number of nitrogens with one attached hydrogen (secondary N) is 1. The zero-order valence-electron chi connectivity index (χ0n) is 17.1. The molecular formula is C25H23N3O3. The number of hydrogen-bond acceptors (Lipinski definition) is 4. The second-order valence-corrected chi connectivity index (χ2v) is 7.60. The summed E-state index contributed by atoms with van der Waals surface area (Å²) in [5.74, 6) is -0.114. The Bertz CT molecular complexity index is 1110. The molecule has 0 bridgehead atoms. The molecule has 0 spiro atoms. The Morgan fingerprint density at radius 1 is 1.03 bits per heavy atom. The summed E-state index contributed by atoms with van der Waals surface area (Å²) in [6.07, 6.45) is 4.00. The number of hydrogen-bond donors (Lipinski definition) is 1. The maximum Gasteiger partial charge on any atom is 0.269 e. The first-order chi connectivity index (χ1) is 15.0. The molecule has 3 aromatic carbocycles. The van der Waals surface area contributed by atoms with Crippen molar-refractivity contribution in [3.63, 3.8) is 0 Å². The Balaban J connectivity index is 1.56. The third kappa shape index (κ3) is 4.48. The van der Waals surface area contributed by atoms with Crippen LogP contribution in [0, 0.1) is 10.1 Å². The average molecular weight is 413 g/mol. The zero-order valence-corrected chi connectivity index (χ0v) is 17.1. The molecule has 156 valence electrons. The third-order valence-corrected chi connectivity index (χ3v) is 5.46. The standard InChI is InChI=1S/C25H23N3O3/c1-18-17-23(26-20-7-3-2-4-8-20)22-9-5-6-10-24(22)27(18)25(29)16-13-19-11-14-21(15-12-19)28(30)31/h2-16,18,23,26H,17H2,1H3/b16-13+/t18-,23+/m0/s1. The van der Waals surface area contributed by atoms with E-state index >= 15 is 0 Å². The maximum absolute atomic E-state index is 13.1. The van der Waals surface area contributed by atoms with Gasteiger partial charge in [0, 0.05) is 35.6 Å². The fraction of sp³-hybridized carbons (Fsp3) is 0.160. The molecular weight excluding hydrogens is 390 g/mol. The summed E-state index contributed by atoms with van der Waals surface area (Å²) in [5.41, 5.74) is 3.79. The van der Waals surface area contributed by atoms with Gasteiger partial charge in [0.25, 0.3) is 11.6 Å². The van der Waals surface area contributed by atoms with Crippen molar-refractivity contribution in [2.75, 3.05) is 10.2 Å². The molecule has 6 heteroatoms. The van der Waals surface area contributed by atoms with Crippen LogP contribution in [0.3, 0.4) is 0 Å². The van der Waals surface area contributed by atoms with Gasteiger partial charge >= 0.3 is 0 Å². The van der Waals surface area contributed by atoms with Gasteiger partial charge in [0.05, 0.1) is 11.0 Å². The number of anilines is 2. The minimum atomic E-state index is -0.440. The third-order valence-electron chi connectivity index (χ3n) is 5.46. The number of carbonyl (C=O) groups excluding carboxylic acids is 1. The molecule has 0 saturated carbocycles. The molecule has 0 saturated heterocycles. The number of nitro groups is 1. The highest BCUT2D eigenvalue weighted by atomic mass is 16.6. The Labute approximate surface area is 181 Å². The molecule has 4 rings (SSSR count). The van der Waals surface area contributed by atoms with E-state index in [9.17, 15) is 14.9 Å². The molecule has 0 unspecified atom stereocenters. The van der Waals surface area contributed by atoms with Crippen molar-refractivity contribution in [2.24, 2.45) is 0 Å². The predicted molar refractivity (Wildman–Crippen MR) is 123 cm³/mol. The highest BCUT2D eigenvalue weighted by molar-refractivity contribution is 6.05. The van der Waals surface area contributed by atoms with Crippen molar-refractivity contribution in [3.8, 4) is 0 Å². The fourth-order valence-corrected chi connectivity index (χ4v) is 3.98. The topological polar surface area (TPSA) is 75.5 Å². The highest BCUT2D eigenvalue weighted by Gasteiger charge is 2.32.